The molecule has 3 nitrogen and oxygen atoms in total. The molecule has 0 spiro atoms. The molecule has 0 saturated heterocycles. The van der Waals surface area contributed by atoms with Crippen molar-refractivity contribution in [1.29, 1.82) is 0 Å². The Balaban J connectivity index is 1.77. The lowest BCUT2D eigenvalue weighted by atomic mass is 9.85. The van der Waals surface area contributed by atoms with Gasteiger partial charge in [0.2, 0.25) is 0 Å². The van der Waals surface area contributed by atoms with Gasteiger partial charge in [0.05, 0.1) is 12.3 Å². The first-order valence-corrected chi connectivity index (χ1v) is 7.41. The van der Waals surface area contributed by atoms with Crippen molar-refractivity contribution >= 4 is 0 Å². The van der Waals surface area contributed by atoms with Gasteiger partial charge in [-0.25, -0.2) is 0 Å². The molecule has 1 heterocycles. The first-order chi connectivity index (χ1) is 8.75. The highest BCUT2D eigenvalue weighted by atomic mass is 16.3. The minimum atomic E-state index is -0.122. The molecule has 1 saturated carbocycles. The number of aliphatic hydroxyl groups excluding tert-OH is 1. The van der Waals surface area contributed by atoms with E-state index in [1.165, 1.54) is 50.5 Å². The molecular weight excluding hydrogens is 224 g/mol. The molecule has 1 aliphatic rings. The maximum absolute atomic E-state index is 10.3. The fourth-order valence-corrected chi connectivity index (χ4v) is 3.02. The summed E-state index contributed by atoms with van der Waals surface area (Å²) < 4.78 is 1.83. The van der Waals surface area contributed by atoms with Crippen molar-refractivity contribution in [1.82, 2.24) is 9.78 Å². The van der Waals surface area contributed by atoms with Crippen molar-refractivity contribution in [3.05, 3.63) is 18.0 Å². The summed E-state index contributed by atoms with van der Waals surface area (Å²) in [6.45, 7) is 0. The number of hydrogen-bond acceptors (Lipinski definition) is 2. The molecule has 0 aliphatic heterocycles. The van der Waals surface area contributed by atoms with E-state index in [-0.39, 0.29) is 6.10 Å². The third kappa shape index (κ3) is 4.13. The van der Waals surface area contributed by atoms with Gasteiger partial charge in [-0.1, -0.05) is 32.1 Å². The van der Waals surface area contributed by atoms with E-state index < -0.39 is 0 Å². The Morgan fingerprint density at radius 2 is 1.94 bits per heavy atom. The zero-order chi connectivity index (χ0) is 12.8. The molecule has 1 aliphatic carbocycles. The molecule has 0 bridgehead atoms. The molecule has 102 valence electrons. The van der Waals surface area contributed by atoms with Crippen molar-refractivity contribution in [2.24, 2.45) is 13.0 Å². The highest BCUT2D eigenvalue weighted by molar-refractivity contribution is 5.03. The van der Waals surface area contributed by atoms with Crippen LogP contribution >= 0.6 is 0 Å². The van der Waals surface area contributed by atoms with Gasteiger partial charge in [-0.2, -0.15) is 5.10 Å². The maximum atomic E-state index is 10.3. The molecule has 0 amide bonds. The Kier molecular flexibility index (Phi) is 5.24. The molecule has 18 heavy (non-hydrogen) atoms. The van der Waals surface area contributed by atoms with Gasteiger partial charge in [0, 0.05) is 13.2 Å². The fourth-order valence-electron chi connectivity index (χ4n) is 3.02. The van der Waals surface area contributed by atoms with Gasteiger partial charge in [0.1, 0.15) is 0 Å². The van der Waals surface area contributed by atoms with Gasteiger partial charge in [0.25, 0.3) is 0 Å². The van der Waals surface area contributed by atoms with E-state index in [9.17, 15) is 5.11 Å². The highest BCUT2D eigenvalue weighted by Gasteiger charge is 2.19. The van der Waals surface area contributed by atoms with E-state index >= 15 is 0 Å². The quantitative estimate of drug-likeness (QED) is 0.891. The lowest BCUT2D eigenvalue weighted by Crippen LogP contribution is -2.22. The van der Waals surface area contributed by atoms with Crippen LogP contribution in [0.25, 0.3) is 0 Å². The van der Waals surface area contributed by atoms with Crippen LogP contribution in [0.2, 0.25) is 0 Å². The predicted molar refractivity (Wildman–Crippen MR) is 73.3 cm³/mol. The summed E-state index contributed by atoms with van der Waals surface area (Å²) in [4.78, 5) is 0. The summed E-state index contributed by atoms with van der Waals surface area (Å²) in [7, 11) is 1.94. The molecular formula is C15H26N2O. The second-order valence-electron chi connectivity index (χ2n) is 5.73. The lowest BCUT2D eigenvalue weighted by Gasteiger charge is -2.24. The van der Waals surface area contributed by atoms with Crippen LogP contribution in [-0.4, -0.2) is 21.0 Å². The van der Waals surface area contributed by atoms with E-state index in [0.717, 1.165) is 12.8 Å². The second-order valence-corrected chi connectivity index (χ2v) is 5.73. The molecule has 1 fully saturated rings. The zero-order valence-electron chi connectivity index (χ0n) is 11.5. The summed E-state index contributed by atoms with van der Waals surface area (Å²) in [5.41, 5.74) is 1.24. The van der Waals surface area contributed by atoms with Gasteiger partial charge in [-0.05, 0) is 37.2 Å². The predicted octanol–water partition coefficient (Wildman–Crippen LogP) is 3.07. The average Bonchev–Trinajstić information content (AvgIpc) is 2.72. The number of hydrogen-bond donors (Lipinski definition) is 1. The van der Waals surface area contributed by atoms with Crippen molar-refractivity contribution < 1.29 is 5.11 Å². The van der Waals surface area contributed by atoms with Crippen LogP contribution in [0.4, 0.5) is 0 Å². The van der Waals surface area contributed by atoms with Crippen LogP contribution in [0, 0.1) is 5.92 Å². The summed E-state index contributed by atoms with van der Waals surface area (Å²) >= 11 is 0. The average molecular weight is 250 g/mol. The van der Waals surface area contributed by atoms with Gasteiger partial charge in [-0.3, -0.25) is 4.68 Å². The number of aliphatic hydroxyl groups is 1. The standard InChI is InChI=1S/C15H26N2O/c1-17-12-13(11-16-17)9-10-15(18)14-7-5-3-2-4-6-8-14/h11-12,14-15,18H,2-10H2,1H3. The zero-order valence-corrected chi connectivity index (χ0v) is 11.5. The summed E-state index contributed by atoms with van der Waals surface area (Å²) in [6, 6.07) is 0. The maximum Gasteiger partial charge on any atom is 0.0571 e. The molecule has 1 atom stereocenters. The van der Waals surface area contributed by atoms with Crippen molar-refractivity contribution in [2.45, 2.75) is 63.9 Å². The summed E-state index contributed by atoms with van der Waals surface area (Å²) in [5, 5.41) is 14.5. The third-order valence-electron chi connectivity index (χ3n) is 4.18. The molecule has 1 unspecified atom stereocenters. The number of rotatable bonds is 4. The first-order valence-electron chi connectivity index (χ1n) is 7.41. The van der Waals surface area contributed by atoms with Gasteiger partial charge >= 0.3 is 0 Å². The van der Waals surface area contributed by atoms with E-state index in [2.05, 4.69) is 5.10 Å². The summed E-state index contributed by atoms with van der Waals surface area (Å²) in [5.74, 6) is 0.530. The monoisotopic (exact) mass is 250 g/mol. The van der Waals surface area contributed by atoms with Crippen molar-refractivity contribution in [2.75, 3.05) is 0 Å². The molecule has 1 aromatic heterocycles. The van der Waals surface area contributed by atoms with E-state index in [1.807, 2.05) is 24.1 Å². The lowest BCUT2D eigenvalue weighted by molar-refractivity contribution is 0.0835. The minimum Gasteiger partial charge on any atom is -0.393 e. The Morgan fingerprint density at radius 1 is 1.28 bits per heavy atom. The van der Waals surface area contributed by atoms with Gasteiger partial charge in [-0.15, -0.1) is 0 Å². The smallest absolute Gasteiger partial charge is 0.0571 e. The van der Waals surface area contributed by atoms with Gasteiger partial charge in [0.15, 0.2) is 0 Å². The van der Waals surface area contributed by atoms with Crippen molar-refractivity contribution in [3.63, 3.8) is 0 Å². The van der Waals surface area contributed by atoms with Crippen LogP contribution in [0.1, 0.15) is 56.9 Å². The van der Waals surface area contributed by atoms with E-state index in [4.69, 9.17) is 0 Å². The SMILES string of the molecule is Cn1cc(CCC(O)C2CCCCCCC2)cn1. The highest BCUT2D eigenvalue weighted by Crippen LogP contribution is 2.26. The topological polar surface area (TPSA) is 38.0 Å². The van der Waals surface area contributed by atoms with Gasteiger partial charge < -0.3 is 5.11 Å². The number of aromatic nitrogens is 2. The van der Waals surface area contributed by atoms with E-state index in [0.29, 0.717) is 5.92 Å². The van der Waals surface area contributed by atoms with E-state index in [1.54, 1.807) is 0 Å². The molecule has 3 heteroatoms. The molecule has 1 N–H and O–H groups in total. The molecule has 0 aromatic carbocycles. The number of aryl methyl sites for hydroxylation is 2. The first kappa shape index (κ1) is 13.6. The third-order valence-corrected chi connectivity index (χ3v) is 4.18. The molecule has 0 radical (unpaired) electrons. The Hall–Kier alpha value is -0.830. The van der Waals surface area contributed by atoms with Crippen LogP contribution in [-0.2, 0) is 13.5 Å². The largest absolute Gasteiger partial charge is 0.393 e. The Morgan fingerprint density at radius 3 is 2.56 bits per heavy atom. The van der Waals surface area contributed by atoms with Crippen LogP contribution < -0.4 is 0 Å². The Bertz CT molecular complexity index is 340. The Labute approximate surface area is 110 Å². The second kappa shape index (κ2) is 6.93. The summed E-state index contributed by atoms with van der Waals surface area (Å²) in [6.07, 6.45) is 14.8. The van der Waals surface area contributed by atoms with Crippen LogP contribution in [0.3, 0.4) is 0 Å². The number of nitrogens with zero attached hydrogens (tertiary/aromatic N) is 2. The molecule has 1 aromatic rings. The minimum absolute atomic E-state index is 0.122. The van der Waals surface area contributed by atoms with Crippen LogP contribution in [0.15, 0.2) is 12.4 Å². The van der Waals surface area contributed by atoms with Crippen LogP contribution in [0.5, 0.6) is 0 Å². The van der Waals surface area contributed by atoms with Crippen molar-refractivity contribution in [3.8, 4) is 0 Å². The fraction of sp³-hybridized carbons (Fsp3) is 0.800. The normalized spacial score (nSPS) is 20.3. The molecule has 2 rings (SSSR count).